The molecule has 0 saturated carbocycles. The van der Waals surface area contributed by atoms with Gasteiger partial charge in [-0.25, -0.2) is 0 Å². The smallest absolute Gasteiger partial charge is 0.0413 e. The summed E-state index contributed by atoms with van der Waals surface area (Å²) >= 11 is 0. The van der Waals surface area contributed by atoms with Crippen molar-refractivity contribution in [3.8, 4) is 0 Å². The Bertz CT molecular complexity index is 216. The highest BCUT2D eigenvalue weighted by Crippen LogP contribution is 2.06. The molecular formula is C10H13N. The minimum Gasteiger partial charge on any atom is -0.379 e. The summed E-state index contributed by atoms with van der Waals surface area (Å²) in [5.74, 6) is 0. The summed E-state index contributed by atoms with van der Waals surface area (Å²) in [6.07, 6.45) is 1.88. The fourth-order valence-corrected chi connectivity index (χ4v) is 0.856. The Hall–Kier alpha value is -1.24. The Labute approximate surface area is 67.8 Å². The lowest BCUT2D eigenvalue weighted by molar-refractivity contribution is 1.00. The molecule has 0 radical (unpaired) electrons. The summed E-state index contributed by atoms with van der Waals surface area (Å²) in [6.45, 7) is 5.76. The molecule has 0 fully saturated rings. The number of nitrogens with one attached hydrogen (secondary N) is 1. The molecule has 11 heavy (non-hydrogen) atoms. The van der Waals surface area contributed by atoms with Gasteiger partial charge in [-0.3, -0.25) is 0 Å². The predicted molar refractivity (Wildman–Crippen MR) is 49.7 cm³/mol. The van der Waals surface area contributed by atoms with Crippen LogP contribution in [-0.2, 0) is 0 Å². The van der Waals surface area contributed by atoms with E-state index in [1.165, 1.54) is 0 Å². The number of hydrogen-bond acceptors (Lipinski definition) is 1. The van der Waals surface area contributed by atoms with Gasteiger partial charge in [-0.1, -0.05) is 24.3 Å². The molecule has 1 nitrogen and oxygen atoms in total. The maximum atomic E-state index is 3.69. The molecule has 0 aliphatic carbocycles. The summed E-state index contributed by atoms with van der Waals surface area (Å²) in [5, 5.41) is 3.27. The summed E-state index contributed by atoms with van der Waals surface area (Å²) < 4.78 is 0. The van der Waals surface area contributed by atoms with Crippen molar-refractivity contribution in [1.82, 2.24) is 0 Å². The van der Waals surface area contributed by atoms with Gasteiger partial charge in [-0.2, -0.15) is 0 Å². The van der Waals surface area contributed by atoms with E-state index < -0.39 is 0 Å². The van der Waals surface area contributed by atoms with Crippen molar-refractivity contribution in [2.45, 2.75) is 13.0 Å². The Morgan fingerprint density at radius 3 is 2.55 bits per heavy atom. The molecule has 1 N–H and O–H groups in total. The van der Waals surface area contributed by atoms with Crippen molar-refractivity contribution in [3.63, 3.8) is 0 Å². The maximum Gasteiger partial charge on any atom is 0.0413 e. The maximum absolute atomic E-state index is 3.69. The Kier molecular flexibility index (Phi) is 2.73. The zero-order valence-electron chi connectivity index (χ0n) is 6.75. The topological polar surface area (TPSA) is 12.0 Å². The molecule has 1 aromatic rings. The molecule has 0 unspecified atom stereocenters. The van der Waals surface area contributed by atoms with Gasteiger partial charge in [0, 0.05) is 11.7 Å². The molecule has 0 saturated heterocycles. The van der Waals surface area contributed by atoms with Gasteiger partial charge < -0.3 is 5.32 Å². The Morgan fingerprint density at radius 2 is 2.00 bits per heavy atom. The van der Waals surface area contributed by atoms with Crippen molar-refractivity contribution in [2.75, 3.05) is 5.32 Å². The van der Waals surface area contributed by atoms with Crippen molar-refractivity contribution >= 4 is 5.69 Å². The van der Waals surface area contributed by atoms with E-state index >= 15 is 0 Å². The number of rotatable bonds is 3. The quantitative estimate of drug-likeness (QED) is 0.648. The molecule has 0 amide bonds. The molecule has 0 spiro atoms. The molecule has 58 valence electrons. The van der Waals surface area contributed by atoms with Crippen LogP contribution in [0.15, 0.2) is 43.0 Å². The molecule has 0 aromatic heterocycles. The molecule has 0 heterocycles. The lowest BCUT2D eigenvalue weighted by Crippen LogP contribution is -2.10. The second-order valence-electron chi connectivity index (χ2n) is 2.53. The van der Waals surface area contributed by atoms with Crippen LogP contribution in [0.5, 0.6) is 0 Å². The fraction of sp³-hybridized carbons (Fsp3) is 0.200. The van der Waals surface area contributed by atoms with E-state index in [4.69, 9.17) is 0 Å². The lowest BCUT2D eigenvalue weighted by Gasteiger charge is -2.09. The van der Waals surface area contributed by atoms with Crippen LogP contribution in [0, 0.1) is 0 Å². The second kappa shape index (κ2) is 3.81. The predicted octanol–water partition coefficient (Wildman–Crippen LogP) is 2.67. The van der Waals surface area contributed by atoms with Gasteiger partial charge in [0.15, 0.2) is 0 Å². The van der Waals surface area contributed by atoms with Gasteiger partial charge in [0.05, 0.1) is 0 Å². The van der Waals surface area contributed by atoms with Crippen molar-refractivity contribution in [2.24, 2.45) is 0 Å². The fourth-order valence-electron chi connectivity index (χ4n) is 0.856. The number of benzene rings is 1. The van der Waals surface area contributed by atoms with Gasteiger partial charge in [0.25, 0.3) is 0 Å². The van der Waals surface area contributed by atoms with Gasteiger partial charge in [0.1, 0.15) is 0 Å². The van der Waals surface area contributed by atoms with Gasteiger partial charge >= 0.3 is 0 Å². The third-order valence-electron chi connectivity index (χ3n) is 1.52. The summed E-state index contributed by atoms with van der Waals surface area (Å²) in [6, 6.07) is 10.4. The van der Waals surface area contributed by atoms with E-state index in [2.05, 4.69) is 18.8 Å². The standard InChI is InChI=1S/C10H13N/c1-3-9(2)11-10-7-5-4-6-8-10/h3-9,11H,1H2,2H3/t9-/m1/s1. The second-order valence-corrected chi connectivity index (χ2v) is 2.53. The summed E-state index contributed by atoms with van der Waals surface area (Å²) in [4.78, 5) is 0. The lowest BCUT2D eigenvalue weighted by atomic mass is 10.3. The van der Waals surface area contributed by atoms with Crippen molar-refractivity contribution < 1.29 is 0 Å². The largest absolute Gasteiger partial charge is 0.379 e. The van der Waals surface area contributed by atoms with Gasteiger partial charge in [-0.05, 0) is 19.1 Å². The molecule has 0 aliphatic rings. The zero-order chi connectivity index (χ0) is 8.10. The molecule has 1 atom stereocenters. The highest BCUT2D eigenvalue weighted by Gasteiger charge is 1.92. The first-order valence-electron chi connectivity index (χ1n) is 3.77. The molecule has 1 heteroatoms. The first-order valence-corrected chi connectivity index (χ1v) is 3.77. The third kappa shape index (κ3) is 2.46. The average Bonchev–Trinajstić information content (AvgIpc) is 2.06. The minimum absolute atomic E-state index is 0.331. The van der Waals surface area contributed by atoms with Crippen molar-refractivity contribution in [1.29, 1.82) is 0 Å². The van der Waals surface area contributed by atoms with E-state index in [9.17, 15) is 0 Å². The van der Waals surface area contributed by atoms with Gasteiger partial charge in [-0.15, -0.1) is 6.58 Å². The number of para-hydroxylation sites is 1. The van der Waals surface area contributed by atoms with Crippen LogP contribution in [0.3, 0.4) is 0 Å². The molecule has 1 aromatic carbocycles. The van der Waals surface area contributed by atoms with E-state index in [0.29, 0.717) is 6.04 Å². The van der Waals surface area contributed by atoms with Crippen molar-refractivity contribution in [3.05, 3.63) is 43.0 Å². The van der Waals surface area contributed by atoms with Gasteiger partial charge in [0.2, 0.25) is 0 Å². The normalized spacial score (nSPS) is 12.1. The van der Waals surface area contributed by atoms with Crippen LogP contribution in [0.1, 0.15) is 6.92 Å². The Morgan fingerprint density at radius 1 is 1.36 bits per heavy atom. The SMILES string of the molecule is C=C[C@@H](C)Nc1ccccc1. The zero-order valence-corrected chi connectivity index (χ0v) is 6.75. The molecular weight excluding hydrogens is 134 g/mol. The van der Waals surface area contributed by atoms with Crippen LogP contribution in [0.2, 0.25) is 0 Å². The summed E-state index contributed by atoms with van der Waals surface area (Å²) in [5.41, 5.74) is 1.14. The van der Waals surface area contributed by atoms with Crippen LogP contribution < -0.4 is 5.32 Å². The summed E-state index contributed by atoms with van der Waals surface area (Å²) in [7, 11) is 0. The van der Waals surface area contributed by atoms with Crippen LogP contribution >= 0.6 is 0 Å². The minimum atomic E-state index is 0.331. The van der Waals surface area contributed by atoms with E-state index in [1.54, 1.807) is 0 Å². The number of anilines is 1. The van der Waals surface area contributed by atoms with E-state index in [-0.39, 0.29) is 0 Å². The molecule has 1 rings (SSSR count). The van der Waals surface area contributed by atoms with Crippen LogP contribution in [0.4, 0.5) is 5.69 Å². The average molecular weight is 147 g/mol. The molecule has 0 bridgehead atoms. The highest BCUT2D eigenvalue weighted by atomic mass is 14.9. The Balaban J connectivity index is 2.57. The van der Waals surface area contributed by atoms with Crippen LogP contribution in [0.25, 0.3) is 0 Å². The highest BCUT2D eigenvalue weighted by molar-refractivity contribution is 5.43. The first-order chi connectivity index (χ1) is 5.33. The van der Waals surface area contributed by atoms with Crippen LogP contribution in [-0.4, -0.2) is 6.04 Å². The molecule has 0 aliphatic heterocycles. The van der Waals surface area contributed by atoms with E-state index in [0.717, 1.165) is 5.69 Å². The monoisotopic (exact) mass is 147 g/mol. The first kappa shape index (κ1) is 7.86. The number of hydrogen-bond donors (Lipinski definition) is 1. The third-order valence-corrected chi connectivity index (χ3v) is 1.52. The van der Waals surface area contributed by atoms with E-state index in [1.807, 2.05) is 36.4 Å².